The van der Waals surface area contributed by atoms with Crippen molar-refractivity contribution in [1.82, 2.24) is 4.31 Å². The molecule has 0 bridgehead atoms. The summed E-state index contributed by atoms with van der Waals surface area (Å²) in [5, 5.41) is 9.62. The maximum atomic E-state index is 12.5. The minimum Gasteiger partial charge on any atom is -0.394 e. The second-order valence-corrected chi connectivity index (χ2v) is 6.90. The number of hydrogen-bond acceptors (Lipinski definition) is 4. The predicted octanol–water partition coefficient (Wildman–Crippen LogP) is 1.11. The third-order valence-corrected chi connectivity index (χ3v) is 5.05. The van der Waals surface area contributed by atoms with Crippen LogP contribution < -0.4 is 0 Å². The largest absolute Gasteiger partial charge is 0.394 e. The van der Waals surface area contributed by atoms with Gasteiger partial charge in [0.25, 0.3) is 0 Å². The first-order valence-corrected chi connectivity index (χ1v) is 7.77. The molecular weight excluding hydrogens is 290 g/mol. The van der Waals surface area contributed by atoms with Crippen LogP contribution >= 0.6 is 11.6 Å². The van der Waals surface area contributed by atoms with E-state index in [1.54, 1.807) is 19.1 Å². The number of ether oxygens (including phenoxy) is 1. The molecule has 5 nitrogen and oxygen atoms in total. The lowest BCUT2D eigenvalue weighted by molar-refractivity contribution is -0.0750. The fourth-order valence-electron chi connectivity index (χ4n) is 2.06. The number of aliphatic hydroxyl groups excluding tert-OH is 1. The Balaban J connectivity index is 2.26. The minimum atomic E-state index is -3.57. The fraction of sp³-hybridized carbons (Fsp3) is 0.500. The van der Waals surface area contributed by atoms with E-state index in [0.717, 1.165) is 0 Å². The number of nitrogens with zero attached hydrogens (tertiary/aromatic N) is 1. The quantitative estimate of drug-likeness (QED) is 0.908. The molecule has 0 radical (unpaired) electrons. The van der Waals surface area contributed by atoms with Crippen molar-refractivity contribution in [2.75, 3.05) is 19.7 Å². The van der Waals surface area contributed by atoms with Gasteiger partial charge in [-0.1, -0.05) is 11.6 Å². The standard InChI is InChI=1S/C12H16ClNO4S/c1-9-6-14(7-11(8-15)18-9)19(16,17)12-4-2-10(13)3-5-12/h2-5,9,11,15H,6-8H2,1H3. The highest BCUT2D eigenvalue weighted by atomic mass is 35.5. The second kappa shape index (κ2) is 5.76. The average Bonchev–Trinajstić information content (AvgIpc) is 2.38. The van der Waals surface area contributed by atoms with E-state index >= 15 is 0 Å². The first kappa shape index (κ1) is 14.7. The van der Waals surface area contributed by atoms with Crippen molar-refractivity contribution in [3.05, 3.63) is 29.3 Å². The Bertz CT molecular complexity index is 531. The van der Waals surface area contributed by atoms with E-state index in [9.17, 15) is 8.42 Å². The molecule has 2 unspecified atom stereocenters. The Morgan fingerprint density at radius 1 is 1.37 bits per heavy atom. The molecule has 0 amide bonds. The summed E-state index contributed by atoms with van der Waals surface area (Å²) in [6, 6.07) is 6.04. The van der Waals surface area contributed by atoms with E-state index in [1.165, 1.54) is 16.4 Å². The molecule has 0 aliphatic carbocycles. The summed E-state index contributed by atoms with van der Waals surface area (Å²) in [6.45, 7) is 2.02. The third-order valence-electron chi connectivity index (χ3n) is 2.95. The van der Waals surface area contributed by atoms with Gasteiger partial charge in [0.15, 0.2) is 0 Å². The Morgan fingerprint density at radius 3 is 2.58 bits per heavy atom. The predicted molar refractivity (Wildman–Crippen MR) is 71.6 cm³/mol. The summed E-state index contributed by atoms with van der Waals surface area (Å²) < 4.78 is 31.7. The lowest BCUT2D eigenvalue weighted by Gasteiger charge is -2.35. The van der Waals surface area contributed by atoms with Gasteiger partial charge in [0.2, 0.25) is 10.0 Å². The van der Waals surface area contributed by atoms with Gasteiger partial charge in [-0.2, -0.15) is 4.31 Å². The van der Waals surface area contributed by atoms with Gasteiger partial charge in [-0.3, -0.25) is 0 Å². The van der Waals surface area contributed by atoms with E-state index < -0.39 is 16.1 Å². The van der Waals surface area contributed by atoms with Crippen molar-refractivity contribution >= 4 is 21.6 Å². The highest BCUT2D eigenvalue weighted by Crippen LogP contribution is 2.22. The van der Waals surface area contributed by atoms with Crippen LogP contribution in [0.5, 0.6) is 0 Å². The Labute approximate surface area is 117 Å². The van der Waals surface area contributed by atoms with E-state index in [1.807, 2.05) is 0 Å². The average molecular weight is 306 g/mol. The minimum absolute atomic E-state index is 0.159. The van der Waals surface area contributed by atoms with Crippen LogP contribution in [0, 0.1) is 0 Å². The van der Waals surface area contributed by atoms with Gasteiger partial charge in [0.05, 0.1) is 23.7 Å². The zero-order valence-corrected chi connectivity index (χ0v) is 12.1. The maximum absolute atomic E-state index is 12.5. The van der Waals surface area contributed by atoms with Crippen molar-refractivity contribution in [2.45, 2.75) is 24.0 Å². The normalized spacial score (nSPS) is 25.4. The lowest BCUT2D eigenvalue weighted by Crippen LogP contribution is -2.50. The van der Waals surface area contributed by atoms with E-state index in [4.69, 9.17) is 21.4 Å². The zero-order valence-electron chi connectivity index (χ0n) is 10.5. The molecule has 19 heavy (non-hydrogen) atoms. The van der Waals surface area contributed by atoms with Crippen LogP contribution in [0.4, 0.5) is 0 Å². The summed E-state index contributed by atoms with van der Waals surface area (Å²) in [7, 11) is -3.57. The van der Waals surface area contributed by atoms with Gasteiger partial charge in [0.1, 0.15) is 0 Å². The highest BCUT2D eigenvalue weighted by molar-refractivity contribution is 7.89. The number of rotatable bonds is 3. The molecule has 1 heterocycles. The van der Waals surface area contributed by atoms with Gasteiger partial charge in [-0.15, -0.1) is 0 Å². The molecule has 2 atom stereocenters. The van der Waals surface area contributed by atoms with Crippen molar-refractivity contribution in [3.63, 3.8) is 0 Å². The number of hydrogen-bond donors (Lipinski definition) is 1. The smallest absolute Gasteiger partial charge is 0.243 e. The number of aliphatic hydroxyl groups is 1. The van der Waals surface area contributed by atoms with Gasteiger partial charge in [-0.05, 0) is 31.2 Å². The van der Waals surface area contributed by atoms with Gasteiger partial charge >= 0.3 is 0 Å². The topological polar surface area (TPSA) is 66.8 Å². The summed E-state index contributed by atoms with van der Waals surface area (Å²) in [6.07, 6.45) is -0.723. The van der Waals surface area contributed by atoms with Crippen molar-refractivity contribution in [3.8, 4) is 0 Å². The van der Waals surface area contributed by atoms with E-state index in [-0.39, 0.29) is 30.7 Å². The number of sulfonamides is 1. The van der Waals surface area contributed by atoms with Crippen LogP contribution in [-0.2, 0) is 14.8 Å². The molecule has 0 saturated carbocycles. The van der Waals surface area contributed by atoms with Crippen LogP contribution in [0.3, 0.4) is 0 Å². The molecule has 7 heteroatoms. The molecule has 1 aliphatic rings. The maximum Gasteiger partial charge on any atom is 0.243 e. The number of halogens is 1. The first-order chi connectivity index (χ1) is 8.93. The molecule has 1 N–H and O–H groups in total. The Hall–Kier alpha value is -0.660. The molecule has 106 valence electrons. The van der Waals surface area contributed by atoms with Crippen LogP contribution in [0.25, 0.3) is 0 Å². The molecule has 1 fully saturated rings. The molecule has 2 rings (SSSR count). The Morgan fingerprint density at radius 2 is 2.00 bits per heavy atom. The Kier molecular flexibility index (Phi) is 4.47. The first-order valence-electron chi connectivity index (χ1n) is 5.95. The molecule has 1 saturated heterocycles. The SMILES string of the molecule is CC1CN(S(=O)(=O)c2ccc(Cl)cc2)CC(CO)O1. The lowest BCUT2D eigenvalue weighted by atomic mass is 10.2. The molecule has 1 aromatic rings. The van der Waals surface area contributed by atoms with Gasteiger partial charge in [-0.25, -0.2) is 8.42 Å². The highest BCUT2D eigenvalue weighted by Gasteiger charge is 2.33. The molecule has 0 aromatic heterocycles. The van der Waals surface area contributed by atoms with Crippen molar-refractivity contribution in [1.29, 1.82) is 0 Å². The molecule has 0 spiro atoms. The summed E-state index contributed by atoms with van der Waals surface area (Å²) in [5.74, 6) is 0. The van der Waals surface area contributed by atoms with Crippen molar-refractivity contribution < 1.29 is 18.3 Å². The van der Waals surface area contributed by atoms with Crippen molar-refractivity contribution in [2.24, 2.45) is 0 Å². The van der Waals surface area contributed by atoms with E-state index in [2.05, 4.69) is 0 Å². The summed E-state index contributed by atoms with van der Waals surface area (Å²) in [4.78, 5) is 0.197. The van der Waals surface area contributed by atoms with E-state index in [0.29, 0.717) is 5.02 Å². The number of morpholine rings is 1. The summed E-state index contributed by atoms with van der Waals surface area (Å²) >= 11 is 5.75. The molecular formula is C12H16ClNO4S. The van der Waals surface area contributed by atoms with Crippen LogP contribution in [0.15, 0.2) is 29.2 Å². The number of benzene rings is 1. The zero-order chi connectivity index (χ0) is 14.0. The molecule has 1 aromatic carbocycles. The van der Waals surface area contributed by atoms with Gasteiger partial charge in [0, 0.05) is 18.1 Å². The second-order valence-electron chi connectivity index (χ2n) is 4.53. The van der Waals surface area contributed by atoms with Crippen LogP contribution in [0.2, 0.25) is 5.02 Å². The molecule has 1 aliphatic heterocycles. The monoisotopic (exact) mass is 305 g/mol. The third kappa shape index (κ3) is 3.27. The van der Waals surface area contributed by atoms with Crippen LogP contribution in [0.1, 0.15) is 6.92 Å². The van der Waals surface area contributed by atoms with Crippen LogP contribution in [-0.4, -0.2) is 49.7 Å². The fourth-order valence-corrected chi connectivity index (χ4v) is 3.73. The van der Waals surface area contributed by atoms with Gasteiger partial charge < -0.3 is 9.84 Å². The summed E-state index contributed by atoms with van der Waals surface area (Å²) in [5.41, 5.74) is 0.